The lowest BCUT2D eigenvalue weighted by Gasteiger charge is -2.00. The zero-order chi connectivity index (χ0) is 12.3. The summed E-state index contributed by atoms with van der Waals surface area (Å²) in [5, 5.41) is 13.6. The van der Waals surface area contributed by atoms with Crippen LogP contribution < -0.4 is 5.32 Å². The summed E-state index contributed by atoms with van der Waals surface area (Å²) in [6.07, 6.45) is 0.929. The molecule has 0 atom stereocenters. The van der Waals surface area contributed by atoms with Gasteiger partial charge < -0.3 is 5.32 Å². The van der Waals surface area contributed by atoms with Crippen LogP contribution in [0.15, 0.2) is 22.7 Å². The topological polar surface area (TPSA) is 37.8 Å². The maximum absolute atomic E-state index is 4.26. The van der Waals surface area contributed by atoms with Crippen LogP contribution in [0.5, 0.6) is 0 Å². The molecule has 2 rings (SSSR count). The van der Waals surface area contributed by atoms with Crippen LogP contribution in [0.1, 0.15) is 5.01 Å². The number of hydrogen-bond donors (Lipinski definition) is 1. The Bertz CT molecular complexity index is 515. The first-order valence-electron chi connectivity index (χ1n) is 5.13. The molecule has 17 heavy (non-hydrogen) atoms. The van der Waals surface area contributed by atoms with Gasteiger partial charge in [0.2, 0.25) is 0 Å². The van der Waals surface area contributed by atoms with Crippen LogP contribution in [0.2, 0.25) is 0 Å². The molecular weight excluding hydrogens is 413 g/mol. The largest absolute Gasteiger partial charge is 0.319 e. The van der Waals surface area contributed by atoms with Gasteiger partial charge >= 0.3 is 0 Å². The van der Waals surface area contributed by atoms with Gasteiger partial charge in [-0.2, -0.15) is 0 Å². The highest BCUT2D eigenvalue weighted by molar-refractivity contribution is 14.1. The average Bonchev–Trinajstić information content (AvgIpc) is 2.78. The monoisotopic (exact) mass is 423 g/mol. The number of nitrogens with one attached hydrogen (secondary N) is 1. The van der Waals surface area contributed by atoms with Crippen LogP contribution in [0.4, 0.5) is 0 Å². The summed E-state index contributed by atoms with van der Waals surface area (Å²) in [6.45, 7) is 0.935. The summed E-state index contributed by atoms with van der Waals surface area (Å²) in [5.41, 5.74) is 1.15. The van der Waals surface area contributed by atoms with Crippen molar-refractivity contribution in [1.82, 2.24) is 15.5 Å². The van der Waals surface area contributed by atoms with Gasteiger partial charge in [0.1, 0.15) is 10.0 Å². The van der Waals surface area contributed by atoms with Gasteiger partial charge in [-0.05, 0) is 47.8 Å². The molecular formula is C11H11BrIN3S. The van der Waals surface area contributed by atoms with Crippen molar-refractivity contribution in [3.8, 4) is 10.6 Å². The van der Waals surface area contributed by atoms with E-state index >= 15 is 0 Å². The summed E-state index contributed by atoms with van der Waals surface area (Å²) < 4.78 is 2.27. The van der Waals surface area contributed by atoms with Gasteiger partial charge in [-0.3, -0.25) is 0 Å². The van der Waals surface area contributed by atoms with Crippen LogP contribution in [-0.4, -0.2) is 23.8 Å². The van der Waals surface area contributed by atoms with Gasteiger partial charge in [-0.1, -0.05) is 27.3 Å². The Labute approximate surface area is 126 Å². The Kier molecular flexibility index (Phi) is 4.89. The Morgan fingerprint density at radius 1 is 1.41 bits per heavy atom. The van der Waals surface area contributed by atoms with Crippen molar-refractivity contribution in [2.24, 2.45) is 0 Å². The minimum atomic E-state index is 0.929. The Balaban J connectivity index is 2.27. The van der Waals surface area contributed by atoms with Crippen molar-refractivity contribution in [2.45, 2.75) is 6.42 Å². The van der Waals surface area contributed by atoms with Gasteiger partial charge in [-0.15, -0.1) is 10.2 Å². The quantitative estimate of drug-likeness (QED) is 0.766. The van der Waals surface area contributed by atoms with Crippen LogP contribution in [0.3, 0.4) is 0 Å². The summed E-state index contributed by atoms with van der Waals surface area (Å²) in [6, 6.07) is 6.20. The minimum Gasteiger partial charge on any atom is -0.319 e. The maximum atomic E-state index is 4.26. The molecule has 1 heterocycles. The Morgan fingerprint density at radius 3 is 3.00 bits per heavy atom. The molecule has 0 fully saturated rings. The molecule has 0 spiro atoms. The fraction of sp³-hybridized carbons (Fsp3) is 0.273. The minimum absolute atomic E-state index is 0.929. The van der Waals surface area contributed by atoms with Gasteiger partial charge in [-0.25, -0.2) is 0 Å². The molecule has 1 aromatic heterocycles. The lowest BCUT2D eigenvalue weighted by atomic mass is 10.2. The number of halogens is 2. The van der Waals surface area contributed by atoms with Gasteiger partial charge in [0.15, 0.2) is 0 Å². The van der Waals surface area contributed by atoms with E-state index in [0.29, 0.717) is 0 Å². The number of hydrogen-bond acceptors (Lipinski definition) is 4. The van der Waals surface area contributed by atoms with E-state index in [2.05, 4.69) is 66.2 Å². The summed E-state index contributed by atoms with van der Waals surface area (Å²) in [7, 11) is 1.94. The van der Waals surface area contributed by atoms with Gasteiger partial charge in [0.25, 0.3) is 0 Å². The third-order valence-corrected chi connectivity index (χ3v) is 4.66. The second kappa shape index (κ2) is 6.21. The first kappa shape index (κ1) is 13.4. The van der Waals surface area contributed by atoms with Crippen molar-refractivity contribution in [2.75, 3.05) is 13.6 Å². The first-order valence-corrected chi connectivity index (χ1v) is 7.82. The van der Waals surface area contributed by atoms with E-state index in [-0.39, 0.29) is 0 Å². The van der Waals surface area contributed by atoms with Crippen LogP contribution in [0.25, 0.3) is 10.6 Å². The highest BCUT2D eigenvalue weighted by Gasteiger charge is 2.10. The molecule has 0 radical (unpaired) electrons. The molecule has 90 valence electrons. The van der Waals surface area contributed by atoms with Crippen LogP contribution in [-0.2, 0) is 6.42 Å². The normalized spacial score (nSPS) is 10.8. The number of aromatic nitrogens is 2. The highest BCUT2D eigenvalue weighted by atomic mass is 127. The molecule has 0 amide bonds. The van der Waals surface area contributed by atoms with E-state index in [0.717, 1.165) is 33.0 Å². The number of nitrogens with zero attached hydrogens (tertiary/aromatic N) is 2. The number of benzene rings is 1. The predicted octanol–water partition coefficient (Wildman–Crippen LogP) is 3.33. The Morgan fingerprint density at radius 2 is 2.24 bits per heavy atom. The summed E-state index contributed by atoms with van der Waals surface area (Å²) in [5.74, 6) is 0. The molecule has 0 aliphatic heterocycles. The highest BCUT2D eigenvalue weighted by Crippen LogP contribution is 2.30. The van der Waals surface area contributed by atoms with Gasteiger partial charge in [0.05, 0.1) is 0 Å². The molecule has 0 aliphatic rings. The third kappa shape index (κ3) is 3.46. The van der Waals surface area contributed by atoms with Crippen molar-refractivity contribution < 1.29 is 0 Å². The standard InChI is InChI=1S/C11H11BrIN3S/c1-14-5-4-10-15-16-11(17-10)8-6-7(12)2-3-9(8)13/h2-3,6,14H,4-5H2,1H3. The van der Waals surface area contributed by atoms with E-state index in [1.807, 2.05) is 13.1 Å². The molecule has 0 saturated carbocycles. The van der Waals surface area contributed by atoms with Crippen molar-refractivity contribution in [3.05, 3.63) is 31.2 Å². The first-order chi connectivity index (χ1) is 8.20. The fourth-order valence-corrected chi connectivity index (χ4v) is 3.36. The third-order valence-electron chi connectivity index (χ3n) is 2.21. The molecule has 0 aliphatic carbocycles. The zero-order valence-corrected chi connectivity index (χ0v) is 13.8. The van der Waals surface area contributed by atoms with Crippen LogP contribution >= 0.6 is 49.9 Å². The van der Waals surface area contributed by atoms with Gasteiger partial charge in [0, 0.05) is 26.6 Å². The molecule has 0 bridgehead atoms. The maximum Gasteiger partial charge on any atom is 0.148 e. The SMILES string of the molecule is CNCCc1nnc(-c2cc(Br)ccc2I)s1. The predicted molar refractivity (Wildman–Crippen MR) is 83.4 cm³/mol. The number of rotatable bonds is 4. The Hall–Kier alpha value is -0.0500. The van der Waals surface area contributed by atoms with E-state index in [1.165, 1.54) is 3.57 Å². The van der Waals surface area contributed by atoms with Crippen molar-refractivity contribution in [1.29, 1.82) is 0 Å². The number of likely N-dealkylation sites (N-methyl/N-ethyl adjacent to an activating group) is 1. The smallest absolute Gasteiger partial charge is 0.148 e. The van der Waals surface area contributed by atoms with E-state index < -0.39 is 0 Å². The molecule has 2 aromatic rings. The lowest BCUT2D eigenvalue weighted by Crippen LogP contribution is -2.09. The summed E-state index contributed by atoms with van der Waals surface area (Å²) in [4.78, 5) is 0. The van der Waals surface area contributed by atoms with Crippen molar-refractivity contribution in [3.63, 3.8) is 0 Å². The van der Waals surface area contributed by atoms with Crippen LogP contribution in [0, 0.1) is 3.57 Å². The molecule has 1 aromatic carbocycles. The van der Waals surface area contributed by atoms with E-state index in [4.69, 9.17) is 0 Å². The van der Waals surface area contributed by atoms with E-state index in [1.54, 1.807) is 11.3 Å². The lowest BCUT2D eigenvalue weighted by molar-refractivity contribution is 0.779. The van der Waals surface area contributed by atoms with E-state index in [9.17, 15) is 0 Å². The van der Waals surface area contributed by atoms with Crippen molar-refractivity contribution >= 4 is 49.9 Å². The second-order valence-electron chi connectivity index (χ2n) is 3.48. The summed E-state index contributed by atoms with van der Waals surface area (Å²) >= 11 is 7.47. The molecule has 0 unspecified atom stereocenters. The molecule has 3 nitrogen and oxygen atoms in total. The average molecular weight is 424 g/mol. The zero-order valence-electron chi connectivity index (χ0n) is 9.20. The fourth-order valence-electron chi connectivity index (χ4n) is 1.36. The second-order valence-corrected chi connectivity index (χ2v) is 6.62. The molecule has 0 saturated heterocycles. The molecule has 1 N–H and O–H groups in total. The molecule has 6 heteroatoms.